The Morgan fingerprint density at radius 1 is 1.38 bits per heavy atom. The highest BCUT2D eigenvalue weighted by molar-refractivity contribution is 7.22. The van der Waals surface area contributed by atoms with Crippen LogP contribution in [-0.4, -0.2) is 27.8 Å². The Labute approximate surface area is 130 Å². The van der Waals surface area contributed by atoms with E-state index in [4.69, 9.17) is 5.73 Å². The van der Waals surface area contributed by atoms with Gasteiger partial charge >= 0.3 is 0 Å². The first kappa shape index (κ1) is 14.0. The third kappa shape index (κ3) is 2.88. The maximum atomic E-state index is 12.5. The highest BCUT2D eigenvalue weighted by Gasteiger charge is 2.14. The SMILES string of the molecule is Cc1nc(CN(C)C(=O)c2ccc3nc(N)sc3c2)cs1. The number of fused-ring (bicyclic) bond motifs is 1. The molecule has 0 bridgehead atoms. The molecule has 21 heavy (non-hydrogen) atoms. The number of hydrogen-bond acceptors (Lipinski definition) is 6. The van der Waals surface area contributed by atoms with Gasteiger partial charge in [-0.15, -0.1) is 11.3 Å². The summed E-state index contributed by atoms with van der Waals surface area (Å²) in [5, 5.41) is 3.50. The molecule has 3 aromatic rings. The van der Waals surface area contributed by atoms with Crippen LogP contribution in [-0.2, 0) is 6.54 Å². The Morgan fingerprint density at radius 3 is 2.90 bits per heavy atom. The summed E-state index contributed by atoms with van der Waals surface area (Å²) < 4.78 is 0.927. The van der Waals surface area contributed by atoms with E-state index in [1.165, 1.54) is 11.3 Å². The van der Waals surface area contributed by atoms with Crippen molar-refractivity contribution in [2.45, 2.75) is 13.5 Å². The molecule has 2 heterocycles. The minimum absolute atomic E-state index is 0.0328. The van der Waals surface area contributed by atoms with Gasteiger partial charge in [0, 0.05) is 18.0 Å². The Hall–Kier alpha value is -1.99. The predicted octanol–water partition coefficient (Wildman–Crippen LogP) is 2.92. The third-order valence-electron chi connectivity index (χ3n) is 3.06. The molecule has 0 atom stereocenters. The molecule has 2 N–H and O–H groups in total. The molecule has 0 aliphatic heterocycles. The monoisotopic (exact) mass is 318 g/mol. The number of carbonyl (C=O) groups is 1. The van der Waals surface area contributed by atoms with Gasteiger partial charge in [-0.3, -0.25) is 4.79 Å². The van der Waals surface area contributed by atoms with Gasteiger partial charge in [-0.05, 0) is 25.1 Å². The number of benzene rings is 1. The molecular formula is C14H14N4OS2. The number of nitrogens with zero attached hydrogens (tertiary/aromatic N) is 3. The molecule has 3 rings (SSSR count). The zero-order valence-corrected chi connectivity index (χ0v) is 13.3. The van der Waals surface area contributed by atoms with Gasteiger partial charge in [-0.2, -0.15) is 0 Å². The molecule has 0 saturated carbocycles. The maximum absolute atomic E-state index is 12.5. The summed E-state index contributed by atoms with van der Waals surface area (Å²) in [5.74, 6) is -0.0328. The average molecular weight is 318 g/mol. The minimum atomic E-state index is -0.0328. The van der Waals surface area contributed by atoms with Crippen LogP contribution in [0, 0.1) is 6.92 Å². The van der Waals surface area contributed by atoms with Crippen molar-refractivity contribution >= 4 is 43.9 Å². The van der Waals surface area contributed by atoms with Crippen LogP contribution in [0.3, 0.4) is 0 Å². The summed E-state index contributed by atoms with van der Waals surface area (Å²) in [7, 11) is 1.78. The van der Waals surface area contributed by atoms with Crippen LogP contribution in [0.25, 0.3) is 10.2 Å². The number of rotatable bonds is 3. The molecule has 0 radical (unpaired) electrons. The number of carbonyl (C=O) groups excluding carboxylic acids is 1. The molecule has 108 valence electrons. The average Bonchev–Trinajstić information content (AvgIpc) is 3.01. The molecule has 0 fully saturated rings. The largest absolute Gasteiger partial charge is 0.375 e. The number of nitrogen functional groups attached to an aromatic ring is 1. The summed E-state index contributed by atoms with van der Waals surface area (Å²) >= 11 is 2.98. The van der Waals surface area contributed by atoms with Gasteiger partial charge in [-0.25, -0.2) is 9.97 Å². The van der Waals surface area contributed by atoms with Gasteiger partial charge in [0.15, 0.2) is 5.13 Å². The molecule has 0 unspecified atom stereocenters. The number of aromatic nitrogens is 2. The number of amides is 1. The van der Waals surface area contributed by atoms with Crippen molar-refractivity contribution in [1.82, 2.24) is 14.9 Å². The van der Waals surface area contributed by atoms with E-state index >= 15 is 0 Å². The van der Waals surface area contributed by atoms with E-state index in [9.17, 15) is 4.79 Å². The Morgan fingerprint density at radius 2 is 2.19 bits per heavy atom. The second-order valence-electron chi connectivity index (χ2n) is 4.75. The first-order valence-electron chi connectivity index (χ1n) is 6.35. The summed E-state index contributed by atoms with van der Waals surface area (Å²) in [6, 6.07) is 5.46. The summed E-state index contributed by atoms with van der Waals surface area (Å²) in [6.07, 6.45) is 0. The van der Waals surface area contributed by atoms with Crippen LogP contribution < -0.4 is 5.73 Å². The lowest BCUT2D eigenvalue weighted by molar-refractivity contribution is 0.0784. The summed E-state index contributed by atoms with van der Waals surface area (Å²) in [4.78, 5) is 22.7. The van der Waals surface area contributed by atoms with E-state index in [0.717, 1.165) is 20.9 Å². The van der Waals surface area contributed by atoms with Gasteiger partial charge in [0.2, 0.25) is 0 Å². The van der Waals surface area contributed by atoms with Crippen LogP contribution in [0.15, 0.2) is 23.6 Å². The molecule has 0 saturated heterocycles. The second-order valence-corrected chi connectivity index (χ2v) is 6.88. The van der Waals surface area contributed by atoms with E-state index in [-0.39, 0.29) is 5.91 Å². The van der Waals surface area contributed by atoms with Crippen LogP contribution >= 0.6 is 22.7 Å². The molecular weight excluding hydrogens is 304 g/mol. The number of aryl methyl sites for hydroxylation is 1. The topological polar surface area (TPSA) is 72.1 Å². The van der Waals surface area contributed by atoms with Gasteiger partial charge in [0.05, 0.1) is 27.5 Å². The van der Waals surface area contributed by atoms with E-state index in [1.807, 2.05) is 24.4 Å². The zero-order valence-electron chi connectivity index (χ0n) is 11.7. The number of anilines is 1. The van der Waals surface area contributed by atoms with Crippen molar-refractivity contribution in [3.05, 3.63) is 39.8 Å². The van der Waals surface area contributed by atoms with Crippen LogP contribution in [0.2, 0.25) is 0 Å². The molecule has 0 aliphatic carbocycles. The van der Waals surface area contributed by atoms with Crippen LogP contribution in [0.1, 0.15) is 21.1 Å². The van der Waals surface area contributed by atoms with Gasteiger partial charge < -0.3 is 10.6 Å². The molecule has 1 amide bonds. The number of thiazole rings is 2. The maximum Gasteiger partial charge on any atom is 0.253 e. The van der Waals surface area contributed by atoms with Crippen LogP contribution in [0.5, 0.6) is 0 Å². The van der Waals surface area contributed by atoms with Crippen molar-refractivity contribution in [3.8, 4) is 0 Å². The molecule has 0 aliphatic rings. The fraction of sp³-hybridized carbons (Fsp3) is 0.214. The molecule has 7 heteroatoms. The molecule has 0 spiro atoms. The highest BCUT2D eigenvalue weighted by atomic mass is 32.1. The standard InChI is InChI=1S/C14H14N4OS2/c1-8-16-10(7-20-8)6-18(2)13(19)9-3-4-11-12(5-9)21-14(15)17-11/h3-5,7H,6H2,1-2H3,(H2,15,17). The van der Waals surface area contributed by atoms with Crippen molar-refractivity contribution in [2.24, 2.45) is 0 Å². The molecule has 1 aromatic carbocycles. The van der Waals surface area contributed by atoms with E-state index in [0.29, 0.717) is 17.2 Å². The van der Waals surface area contributed by atoms with E-state index in [1.54, 1.807) is 29.4 Å². The van der Waals surface area contributed by atoms with E-state index in [2.05, 4.69) is 9.97 Å². The lowest BCUT2D eigenvalue weighted by atomic mass is 10.2. The summed E-state index contributed by atoms with van der Waals surface area (Å²) in [6.45, 7) is 2.46. The van der Waals surface area contributed by atoms with Crippen molar-refractivity contribution in [2.75, 3.05) is 12.8 Å². The third-order valence-corrected chi connectivity index (χ3v) is 4.73. The van der Waals surface area contributed by atoms with Gasteiger partial charge in [0.1, 0.15) is 0 Å². The Kier molecular flexibility index (Phi) is 3.60. The van der Waals surface area contributed by atoms with E-state index < -0.39 is 0 Å². The van der Waals surface area contributed by atoms with Crippen molar-refractivity contribution < 1.29 is 4.79 Å². The first-order chi connectivity index (χ1) is 10.0. The normalized spacial score (nSPS) is 11.0. The van der Waals surface area contributed by atoms with Crippen molar-refractivity contribution in [1.29, 1.82) is 0 Å². The Balaban J connectivity index is 1.81. The lowest BCUT2D eigenvalue weighted by Gasteiger charge is -2.15. The number of nitrogens with two attached hydrogens (primary N) is 1. The minimum Gasteiger partial charge on any atom is -0.375 e. The first-order valence-corrected chi connectivity index (χ1v) is 8.05. The predicted molar refractivity (Wildman–Crippen MR) is 86.7 cm³/mol. The smallest absolute Gasteiger partial charge is 0.253 e. The fourth-order valence-corrected chi connectivity index (χ4v) is 3.47. The van der Waals surface area contributed by atoms with Gasteiger partial charge in [-0.1, -0.05) is 11.3 Å². The quantitative estimate of drug-likeness (QED) is 0.806. The van der Waals surface area contributed by atoms with Crippen molar-refractivity contribution in [3.63, 3.8) is 0 Å². The fourth-order valence-electron chi connectivity index (χ4n) is 2.09. The molecule has 5 nitrogen and oxygen atoms in total. The summed E-state index contributed by atoms with van der Waals surface area (Å²) in [5.41, 5.74) is 8.06. The molecule has 2 aromatic heterocycles. The second kappa shape index (κ2) is 5.42. The highest BCUT2D eigenvalue weighted by Crippen LogP contribution is 2.25. The number of hydrogen-bond donors (Lipinski definition) is 1. The van der Waals surface area contributed by atoms with Crippen LogP contribution in [0.4, 0.5) is 5.13 Å². The zero-order chi connectivity index (χ0) is 15.0. The van der Waals surface area contributed by atoms with Gasteiger partial charge in [0.25, 0.3) is 5.91 Å². The lowest BCUT2D eigenvalue weighted by Crippen LogP contribution is -2.26. The Bertz CT molecular complexity index is 808.